The maximum absolute atomic E-state index is 13.6. The Labute approximate surface area is 244 Å². The van der Waals surface area contributed by atoms with Gasteiger partial charge in [0, 0.05) is 31.5 Å². The first-order valence-corrected chi connectivity index (χ1v) is 13.9. The van der Waals surface area contributed by atoms with Gasteiger partial charge >= 0.3 is 0 Å². The average Bonchev–Trinajstić information content (AvgIpc) is 3.43. The molecular formula is C33H34N4O5. The second-order valence-electron chi connectivity index (χ2n) is 10.1. The molecule has 4 N–H and O–H groups in total. The zero-order valence-electron chi connectivity index (χ0n) is 23.1. The average molecular weight is 567 g/mol. The number of carbonyl (C=O) groups is 5. The summed E-state index contributed by atoms with van der Waals surface area (Å²) in [5, 5.41) is 10.7. The van der Waals surface area contributed by atoms with E-state index in [0.717, 1.165) is 16.7 Å². The number of Topliss-reactive ketones (excluding diaryl/α,β-unsaturated/α-hetero) is 1. The summed E-state index contributed by atoms with van der Waals surface area (Å²) >= 11 is 0. The molecule has 9 nitrogen and oxygen atoms in total. The van der Waals surface area contributed by atoms with Crippen LogP contribution in [0, 0.1) is 5.92 Å². The Morgan fingerprint density at radius 3 is 2.05 bits per heavy atom. The lowest BCUT2D eigenvalue weighted by Crippen LogP contribution is -2.55. The van der Waals surface area contributed by atoms with Crippen molar-refractivity contribution in [3.8, 4) is 0 Å². The highest BCUT2D eigenvalue weighted by Crippen LogP contribution is 2.17. The van der Waals surface area contributed by atoms with E-state index in [1.807, 2.05) is 91.0 Å². The van der Waals surface area contributed by atoms with Gasteiger partial charge in [-0.25, -0.2) is 0 Å². The quantitative estimate of drug-likeness (QED) is 0.186. The third-order valence-corrected chi connectivity index (χ3v) is 6.98. The maximum atomic E-state index is 13.6. The lowest BCUT2D eigenvalue weighted by atomic mass is 9.94. The third kappa shape index (κ3) is 8.99. The monoisotopic (exact) mass is 566 g/mol. The first-order chi connectivity index (χ1) is 20.4. The van der Waals surface area contributed by atoms with E-state index in [0.29, 0.717) is 13.0 Å². The van der Waals surface area contributed by atoms with Crippen LogP contribution in [-0.2, 0) is 36.9 Å². The van der Waals surface area contributed by atoms with Crippen molar-refractivity contribution in [2.75, 3.05) is 6.54 Å². The first-order valence-electron chi connectivity index (χ1n) is 13.9. The van der Waals surface area contributed by atoms with Gasteiger partial charge in [0.1, 0.15) is 6.04 Å². The van der Waals surface area contributed by atoms with E-state index in [-0.39, 0.29) is 25.3 Å². The van der Waals surface area contributed by atoms with Crippen LogP contribution in [0.5, 0.6) is 0 Å². The van der Waals surface area contributed by atoms with E-state index in [1.165, 1.54) is 6.08 Å². The summed E-state index contributed by atoms with van der Waals surface area (Å²) in [5.41, 5.74) is 2.42. The summed E-state index contributed by atoms with van der Waals surface area (Å²) in [6.45, 7) is 0.593. The number of rotatable bonds is 13. The highest BCUT2D eigenvalue weighted by Gasteiger charge is 2.35. The molecule has 216 valence electrons. The molecule has 0 radical (unpaired) electrons. The van der Waals surface area contributed by atoms with Crippen molar-refractivity contribution in [1.29, 1.82) is 0 Å². The van der Waals surface area contributed by atoms with Crippen molar-refractivity contribution in [2.24, 2.45) is 5.92 Å². The van der Waals surface area contributed by atoms with Crippen molar-refractivity contribution in [3.63, 3.8) is 0 Å². The summed E-state index contributed by atoms with van der Waals surface area (Å²) in [6.07, 6.45) is 3.58. The van der Waals surface area contributed by atoms with Crippen LogP contribution in [0.25, 0.3) is 6.08 Å². The molecule has 3 aromatic rings. The van der Waals surface area contributed by atoms with E-state index in [9.17, 15) is 24.0 Å². The maximum Gasteiger partial charge on any atom is 0.289 e. The van der Waals surface area contributed by atoms with Crippen LogP contribution in [0.4, 0.5) is 0 Å². The largest absolute Gasteiger partial charge is 0.356 e. The number of hydrogen-bond acceptors (Lipinski definition) is 5. The lowest BCUT2D eigenvalue weighted by molar-refractivity contribution is -0.141. The van der Waals surface area contributed by atoms with Crippen LogP contribution in [0.3, 0.4) is 0 Å². The molecule has 0 saturated carbocycles. The number of amides is 4. The van der Waals surface area contributed by atoms with Crippen LogP contribution < -0.4 is 21.3 Å². The van der Waals surface area contributed by atoms with Gasteiger partial charge in [-0.3, -0.25) is 24.0 Å². The molecule has 1 fully saturated rings. The van der Waals surface area contributed by atoms with Crippen LogP contribution in [-0.4, -0.2) is 48.0 Å². The van der Waals surface area contributed by atoms with E-state index >= 15 is 0 Å². The van der Waals surface area contributed by atoms with E-state index < -0.39 is 41.5 Å². The number of ketones is 1. The molecule has 0 spiro atoms. The van der Waals surface area contributed by atoms with Crippen molar-refractivity contribution in [1.82, 2.24) is 21.3 Å². The Balaban J connectivity index is 1.49. The number of hydrogen-bond donors (Lipinski definition) is 4. The van der Waals surface area contributed by atoms with Gasteiger partial charge in [0.15, 0.2) is 0 Å². The minimum Gasteiger partial charge on any atom is -0.356 e. The molecule has 0 aromatic heterocycles. The molecule has 0 bridgehead atoms. The van der Waals surface area contributed by atoms with Gasteiger partial charge in [-0.2, -0.15) is 0 Å². The smallest absolute Gasteiger partial charge is 0.289 e. The van der Waals surface area contributed by atoms with E-state index in [2.05, 4.69) is 21.3 Å². The molecule has 3 atom stereocenters. The summed E-state index contributed by atoms with van der Waals surface area (Å²) in [4.78, 5) is 64.9. The van der Waals surface area contributed by atoms with Crippen LogP contribution in [0.1, 0.15) is 29.5 Å². The molecule has 0 unspecified atom stereocenters. The van der Waals surface area contributed by atoms with Gasteiger partial charge in [-0.15, -0.1) is 0 Å². The minimum atomic E-state index is -1.25. The van der Waals surface area contributed by atoms with Gasteiger partial charge in [0.05, 0.1) is 6.04 Å². The highest BCUT2D eigenvalue weighted by molar-refractivity contribution is 6.38. The third-order valence-electron chi connectivity index (χ3n) is 6.98. The summed E-state index contributed by atoms with van der Waals surface area (Å²) < 4.78 is 0. The Morgan fingerprint density at radius 1 is 0.810 bits per heavy atom. The van der Waals surface area contributed by atoms with Crippen molar-refractivity contribution in [3.05, 3.63) is 114 Å². The Kier molecular flexibility index (Phi) is 10.7. The highest BCUT2D eigenvalue weighted by atomic mass is 16.2. The SMILES string of the molecule is O=C(/C=C/c1ccccc1)N[C@@H](Cc1ccccc1)C(=O)N[C@@H](C[C@@H]1CCNC1=O)C(=O)C(=O)NCc1ccccc1. The van der Waals surface area contributed by atoms with Crippen LogP contribution in [0.15, 0.2) is 97.1 Å². The lowest BCUT2D eigenvalue weighted by Gasteiger charge is -2.24. The molecular weight excluding hydrogens is 532 g/mol. The minimum absolute atomic E-state index is 0.0327. The standard InChI is InChI=1S/C33H34N4O5/c38-29(17-16-23-10-4-1-5-11-23)36-28(20-24-12-6-2-7-13-24)32(41)37-27(21-26-18-19-34-31(26)40)30(39)33(42)35-22-25-14-8-3-9-15-25/h1-17,26-28H,18-22H2,(H,34,40)(H,35,42)(H,36,38)(H,37,41)/b17-16+/t26-,27-,28-/m0/s1. The molecule has 1 aliphatic heterocycles. The molecule has 0 aliphatic carbocycles. The predicted molar refractivity (Wildman–Crippen MR) is 159 cm³/mol. The fourth-order valence-electron chi connectivity index (χ4n) is 4.70. The molecule has 3 aromatic carbocycles. The van der Waals surface area contributed by atoms with Gasteiger partial charge in [0.2, 0.25) is 23.5 Å². The van der Waals surface area contributed by atoms with Gasteiger partial charge in [-0.1, -0.05) is 91.0 Å². The molecule has 4 rings (SSSR count). The summed E-state index contributed by atoms with van der Waals surface area (Å²) in [7, 11) is 0. The van der Waals surface area contributed by atoms with Crippen molar-refractivity contribution < 1.29 is 24.0 Å². The zero-order chi connectivity index (χ0) is 29.7. The van der Waals surface area contributed by atoms with Gasteiger partial charge in [0.25, 0.3) is 5.91 Å². The first kappa shape index (κ1) is 29.9. The number of carbonyl (C=O) groups excluding carboxylic acids is 5. The van der Waals surface area contributed by atoms with Crippen molar-refractivity contribution in [2.45, 2.75) is 37.9 Å². The topological polar surface area (TPSA) is 133 Å². The molecule has 4 amide bonds. The predicted octanol–water partition coefficient (Wildman–Crippen LogP) is 2.32. The molecule has 1 heterocycles. The second kappa shape index (κ2) is 15.1. The summed E-state index contributed by atoms with van der Waals surface area (Å²) in [5.74, 6) is -3.60. The number of benzene rings is 3. The molecule has 1 aliphatic rings. The van der Waals surface area contributed by atoms with Gasteiger partial charge < -0.3 is 21.3 Å². The Bertz CT molecular complexity index is 1410. The zero-order valence-corrected chi connectivity index (χ0v) is 23.1. The fraction of sp³-hybridized carbons (Fsp3) is 0.242. The number of nitrogens with one attached hydrogen (secondary N) is 4. The second-order valence-corrected chi connectivity index (χ2v) is 10.1. The van der Waals surface area contributed by atoms with Crippen LogP contribution in [0.2, 0.25) is 0 Å². The van der Waals surface area contributed by atoms with Crippen molar-refractivity contribution >= 4 is 35.5 Å². The molecule has 42 heavy (non-hydrogen) atoms. The Morgan fingerprint density at radius 2 is 1.43 bits per heavy atom. The van der Waals surface area contributed by atoms with Gasteiger partial charge in [-0.05, 0) is 35.6 Å². The summed E-state index contributed by atoms with van der Waals surface area (Å²) in [6, 6.07) is 25.2. The fourth-order valence-corrected chi connectivity index (χ4v) is 4.70. The van der Waals surface area contributed by atoms with Crippen LogP contribution >= 0.6 is 0 Å². The van der Waals surface area contributed by atoms with E-state index in [1.54, 1.807) is 6.08 Å². The Hall–Kier alpha value is -5.05. The molecule has 1 saturated heterocycles. The normalized spacial score (nSPS) is 15.8. The molecule has 9 heteroatoms. The van der Waals surface area contributed by atoms with E-state index in [4.69, 9.17) is 0 Å².